The third-order valence-electron chi connectivity index (χ3n) is 9.88. The third-order valence-corrected chi connectivity index (χ3v) is 9.88. The molecule has 7 rings (SSSR count). The molecule has 8 heteroatoms. The minimum Gasteiger partial charge on any atom is -0.491 e. The molecule has 0 bridgehead atoms. The first-order valence-corrected chi connectivity index (χ1v) is 18.1. The first-order valence-electron chi connectivity index (χ1n) is 18.1. The topological polar surface area (TPSA) is 112 Å². The van der Waals surface area contributed by atoms with Crippen molar-refractivity contribution in [2.45, 2.75) is 31.5 Å². The predicted octanol–water partition coefficient (Wildman–Crippen LogP) is 8.07. The number of aliphatic hydroxyl groups excluding tert-OH is 2. The van der Waals surface area contributed by atoms with Crippen LogP contribution in [0, 0.1) is 0 Å². The van der Waals surface area contributed by atoms with Gasteiger partial charge < -0.3 is 29.2 Å². The minimum absolute atomic E-state index is 0.0667. The van der Waals surface area contributed by atoms with E-state index in [-0.39, 0.29) is 37.6 Å². The first-order chi connectivity index (χ1) is 26.6. The van der Waals surface area contributed by atoms with Gasteiger partial charge in [-0.25, -0.2) is 9.59 Å². The van der Waals surface area contributed by atoms with Crippen molar-refractivity contribution < 1.29 is 38.7 Å². The molecule has 0 heterocycles. The molecule has 6 aromatic rings. The first kappa shape index (κ1) is 37.1. The molecule has 0 radical (unpaired) electrons. The van der Waals surface area contributed by atoms with Crippen LogP contribution in [0.5, 0.6) is 11.5 Å². The Labute approximate surface area is 319 Å². The summed E-state index contributed by atoms with van der Waals surface area (Å²) in [5.41, 5.74) is 6.34. The molecule has 8 nitrogen and oxygen atoms in total. The number of carbonyl (C=O) groups is 2. The SMILES string of the molecule is C=C(C)C(=O)OCC(O)COc1ccc(C2(c3ccc(OCC(O)COC(=O)C(=C)C)cc3)c3ccc4ccccc4c3-c3ccc4ccccc4c32)cc1. The molecule has 2 N–H and O–H groups in total. The number of rotatable bonds is 14. The second kappa shape index (κ2) is 15.6. The average Bonchev–Trinajstić information content (AvgIpc) is 3.52. The van der Waals surface area contributed by atoms with Crippen molar-refractivity contribution in [1.29, 1.82) is 0 Å². The Balaban J connectivity index is 1.30. The lowest BCUT2D eigenvalue weighted by Gasteiger charge is -2.35. The zero-order chi connectivity index (χ0) is 38.7. The highest BCUT2D eigenvalue weighted by molar-refractivity contribution is 6.08. The molecule has 278 valence electrons. The Morgan fingerprint density at radius 3 is 1.55 bits per heavy atom. The van der Waals surface area contributed by atoms with E-state index in [1.807, 2.05) is 30.3 Å². The second-order valence-electron chi connectivity index (χ2n) is 13.9. The number of ether oxygens (including phenoxy) is 4. The van der Waals surface area contributed by atoms with Gasteiger partial charge in [0, 0.05) is 11.1 Å². The van der Waals surface area contributed by atoms with Gasteiger partial charge in [0.15, 0.2) is 0 Å². The van der Waals surface area contributed by atoms with Crippen molar-refractivity contribution >= 4 is 33.5 Å². The van der Waals surface area contributed by atoms with Gasteiger partial charge in [0.25, 0.3) is 0 Å². The number of carbonyl (C=O) groups excluding carboxylic acids is 2. The van der Waals surface area contributed by atoms with Crippen LogP contribution in [-0.2, 0) is 24.5 Å². The van der Waals surface area contributed by atoms with Gasteiger partial charge in [0.05, 0.1) is 5.41 Å². The lowest BCUT2D eigenvalue weighted by atomic mass is 9.66. The number of hydrogen-bond donors (Lipinski definition) is 2. The van der Waals surface area contributed by atoms with Crippen LogP contribution in [0.1, 0.15) is 36.1 Å². The highest BCUT2D eigenvalue weighted by Crippen LogP contribution is 2.59. The Morgan fingerprint density at radius 2 is 1.04 bits per heavy atom. The normalized spacial score (nSPS) is 15.4. The fourth-order valence-corrected chi connectivity index (χ4v) is 7.33. The van der Waals surface area contributed by atoms with E-state index in [4.69, 9.17) is 18.9 Å². The fourth-order valence-electron chi connectivity index (χ4n) is 7.33. The molecule has 0 amide bonds. The summed E-state index contributed by atoms with van der Waals surface area (Å²) in [5, 5.41) is 25.4. The summed E-state index contributed by atoms with van der Waals surface area (Å²) in [5.74, 6) is -0.0274. The maximum Gasteiger partial charge on any atom is 0.333 e. The van der Waals surface area contributed by atoms with Crippen molar-refractivity contribution in [3.8, 4) is 22.6 Å². The van der Waals surface area contributed by atoms with E-state index >= 15 is 0 Å². The molecular weight excluding hydrogens is 693 g/mol. The summed E-state index contributed by atoms with van der Waals surface area (Å²) in [4.78, 5) is 23.6. The van der Waals surface area contributed by atoms with Gasteiger partial charge in [-0.2, -0.15) is 0 Å². The van der Waals surface area contributed by atoms with Gasteiger partial charge in [-0.3, -0.25) is 0 Å². The van der Waals surface area contributed by atoms with Gasteiger partial charge in [0.1, 0.15) is 50.1 Å². The third kappa shape index (κ3) is 7.22. The zero-order valence-electron chi connectivity index (χ0n) is 30.8. The molecule has 0 aliphatic heterocycles. The van der Waals surface area contributed by atoms with Crippen molar-refractivity contribution in [3.05, 3.63) is 168 Å². The van der Waals surface area contributed by atoms with Crippen LogP contribution in [0.4, 0.5) is 0 Å². The van der Waals surface area contributed by atoms with Crippen molar-refractivity contribution in [3.63, 3.8) is 0 Å². The summed E-state index contributed by atoms with van der Waals surface area (Å²) >= 11 is 0. The molecule has 0 saturated heterocycles. The Bertz CT molecular complexity index is 2330. The van der Waals surface area contributed by atoms with E-state index in [1.165, 1.54) is 5.56 Å². The molecule has 0 spiro atoms. The number of aliphatic hydroxyl groups is 2. The number of esters is 2. The number of hydrogen-bond acceptors (Lipinski definition) is 8. The molecule has 2 atom stereocenters. The summed E-state index contributed by atoms with van der Waals surface area (Å²) in [7, 11) is 0. The maximum absolute atomic E-state index is 11.8. The van der Waals surface area contributed by atoms with Gasteiger partial charge >= 0.3 is 11.9 Å². The largest absolute Gasteiger partial charge is 0.491 e. The lowest BCUT2D eigenvalue weighted by molar-refractivity contribution is -0.143. The Morgan fingerprint density at radius 1 is 0.582 bits per heavy atom. The van der Waals surface area contributed by atoms with Crippen molar-refractivity contribution in [2.24, 2.45) is 0 Å². The summed E-state index contributed by atoms with van der Waals surface area (Å²) in [6.07, 6.45) is -2.04. The molecular formula is C47H42O8. The van der Waals surface area contributed by atoms with Gasteiger partial charge in [-0.15, -0.1) is 0 Å². The Kier molecular flexibility index (Phi) is 10.5. The maximum atomic E-state index is 11.8. The van der Waals surface area contributed by atoms with E-state index in [0.29, 0.717) is 11.5 Å². The van der Waals surface area contributed by atoms with Crippen LogP contribution in [0.15, 0.2) is 146 Å². The van der Waals surface area contributed by atoms with E-state index in [9.17, 15) is 19.8 Å². The van der Waals surface area contributed by atoms with Gasteiger partial charge in [-0.1, -0.05) is 110 Å². The van der Waals surface area contributed by atoms with Crippen LogP contribution in [0.25, 0.3) is 32.7 Å². The molecule has 55 heavy (non-hydrogen) atoms. The Hall–Kier alpha value is -6.22. The summed E-state index contributed by atoms with van der Waals surface area (Å²) in [6, 6.07) is 41.5. The predicted molar refractivity (Wildman–Crippen MR) is 213 cm³/mol. The molecule has 0 fully saturated rings. The van der Waals surface area contributed by atoms with Crippen molar-refractivity contribution in [2.75, 3.05) is 26.4 Å². The summed E-state index contributed by atoms with van der Waals surface area (Å²) < 4.78 is 22.1. The molecule has 0 aromatic heterocycles. The van der Waals surface area contributed by atoms with Crippen LogP contribution in [0.2, 0.25) is 0 Å². The van der Waals surface area contributed by atoms with Crippen LogP contribution >= 0.6 is 0 Å². The minimum atomic E-state index is -1.02. The molecule has 1 aliphatic rings. The number of fused-ring (bicyclic) bond motifs is 7. The fraction of sp³-hybridized carbons (Fsp3) is 0.191. The average molecular weight is 735 g/mol. The van der Waals surface area contributed by atoms with E-state index in [2.05, 4.69) is 104 Å². The highest BCUT2D eigenvalue weighted by Gasteiger charge is 2.47. The van der Waals surface area contributed by atoms with Crippen LogP contribution < -0.4 is 9.47 Å². The summed E-state index contributed by atoms with van der Waals surface area (Å²) in [6.45, 7) is 9.70. The van der Waals surface area contributed by atoms with Gasteiger partial charge in [-0.05, 0) is 93.0 Å². The standard InChI is InChI=1S/C47H42O8/c1-29(2)45(50)54-27-35(48)25-52-37-19-15-33(16-20-37)47(34-17-21-38(22-18-34)53-26-36(49)28-55-46(51)30(3)4)42-24-14-31-9-5-7-11-39(31)43(42)41-23-13-32-10-6-8-12-40(32)44(41)47/h5-24,35-36,48-49H,1,3,25-28H2,2,4H3. The second-order valence-corrected chi connectivity index (χ2v) is 13.9. The smallest absolute Gasteiger partial charge is 0.333 e. The lowest BCUT2D eigenvalue weighted by Crippen LogP contribution is -2.29. The van der Waals surface area contributed by atoms with E-state index < -0.39 is 29.6 Å². The number of benzene rings is 6. The monoisotopic (exact) mass is 734 g/mol. The molecule has 2 unspecified atom stereocenters. The van der Waals surface area contributed by atoms with Crippen LogP contribution in [0.3, 0.4) is 0 Å². The van der Waals surface area contributed by atoms with Gasteiger partial charge in [0.2, 0.25) is 0 Å². The molecule has 6 aromatic carbocycles. The zero-order valence-corrected chi connectivity index (χ0v) is 30.8. The quantitative estimate of drug-likeness (QED) is 0.0853. The van der Waals surface area contributed by atoms with Crippen LogP contribution in [-0.4, -0.2) is 60.8 Å². The van der Waals surface area contributed by atoms with Crippen molar-refractivity contribution in [1.82, 2.24) is 0 Å². The van der Waals surface area contributed by atoms with E-state index in [0.717, 1.165) is 49.4 Å². The highest BCUT2D eigenvalue weighted by atomic mass is 16.6. The molecule has 0 saturated carbocycles. The van der Waals surface area contributed by atoms with E-state index in [1.54, 1.807) is 13.8 Å². The molecule has 1 aliphatic carbocycles.